The zero-order valence-corrected chi connectivity index (χ0v) is 20.7. The van der Waals surface area contributed by atoms with Crippen LogP contribution in [-0.2, 0) is 26.1 Å². The highest BCUT2D eigenvalue weighted by Gasteiger charge is 2.27. The lowest BCUT2D eigenvalue weighted by Crippen LogP contribution is -2.34. The number of hydrogen-bond acceptors (Lipinski definition) is 6. The van der Waals surface area contributed by atoms with Gasteiger partial charge in [-0.15, -0.1) is 0 Å². The lowest BCUT2D eigenvalue weighted by Gasteiger charge is -2.21. The fourth-order valence-corrected chi connectivity index (χ4v) is 4.83. The smallest absolute Gasteiger partial charge is 0.338 e. The molecule has 8 nitrogen and oxygen atoms in total. The molecule has 184 valence electrons. The Hall–Kier alpha value is -3.69. The van der Waals surface area contributed by atoms with Crippen LogP contribution in [0.25, 0.3) is 0 Å². The van der Waals surface area contributed by atoms with Crippen LogP contribution in [-0.4, -0.2) is 51.9 Å². The largest absolute Gasteiger partial charge is 0.495 e. The van der Waals surface area contributed by atoms with E-state index in [9.17, 15) is 18.0 Å². The summed E-state index contributed by atoms with van der Waals surface area (Å²) in [5.74, 6) is -1.11. The molecule has 9 heteroatoms. The summed E-state index contributed by atoms with van der Waals surface area (Å²) < 4.78 is 38.2. The quantitative estimate of drug-likeness (QED) is 0.397. The van der Waals surface area contributed by atoms with E-state index in [4.69, 9.17) is 9.47 Å². The molecule has 0 bridgehead atoms. The van der Waals surface area contributed by atoms with Gasteiger partial charge in [0.2, 0.25) is 10.0 Å². The van der Waals surface area contributed by atoms with Crippen LogP contribution >= 0.6 is 0 Å². The van der Waals surface area contributed by atoms with Gasteiger partial charge in [-0.05, 0) is 42.8 Å². The van der Waals surface area contributed by atoms with Crippen LogP contribution in [0, 0.1) is 0 Å². The molecule has 0 unspecified atom stereocenters. The van der Waals surface area contributed by atoms with Gasteiger partial charge in [0.25, 0.3) is 5.91 Å². The highest BCUT2D eigenvalue weighted by molar-refractivity contribution is 7.89. The Morgan fingerprint density at radius 3 is 2.14 bits per heavy atom. The molecule has 0 aliphatic rings. The molecule has 3 rings (SSSR count). The predicted octanol–water partition coefficient (Wildman–Crippen LogP) is 3.73. The van der Waals surface area contributed by atoms with Gasteiger partial charge < -0.3 is 14.4 Å². The molecule has 0 saturated carbocycles. The molecule has 0 aliphatic heterocycles. The first-order chi connectivity index (χ1) is 16.8. The van der Waals surface area contributed by atoms with Crippen LogP contribution in [0.15, 0.2) is 83.8 Å². The van der Waals surface area contributed by atoms with Crippen LogP contribution in [0.2, 0.25) is 0 Å². The highest BCUT2D eigenvalue weighted by Crippen LogP contribution is 2.28. The average molecular weight is 497 g/mol. The number of hydrogen-bond donors (Lipinski definition) is 0. The molecule has 0 aromatic heterocycles. The van der Waals surface area contributed by atoms with Crippen LogP contribution in [0.3, 0.4) is 0 Å². The number of benzene rings is 3. The minimum atomic E-state index is -4.00. The van der Waals surface area contributed by atoms with Gasteiger partial charge in [-0.25, -0.2) is 13.2 Å². The Morgan fingerprint density at radius 1 is 0.914 bits per heavy atom. The van der Waals surface area contributed by atoms with Crippen molar-refractivity contribution in [2.75, 3.05) is 32.2 Å². The van der Waals surface area contributed by atoms with E-state index in [0.29, 0.717) is 12.2 Å². The van der Waals surface area contributed by atoms with Gasteiger partial charge in [-0.3, -0.25) is 4.79 Å². The van der Waals surface area contributed by atoms with Crippen LogP contribution in [0.5, 0.6) is 5.75 Å². The number of likely N-dealkylation sites (N-methyl/N-ethyl adjacent to an activating group) is 1. The molecule has 0 atom stereocenters. The van der Waals surface area contributed by atoms with Crippen molar-refractivity contribution in [1.29, 1.82) is 0 Å². The van der Waals surface area contributed by atoms with Gasteiger partial charge in [0.1, 0.15) is 10.6 Å². The van der Waals surface area contributed by atoms with Crippen LogP contribution in [0.1, 0.15) is 22.8 Å². The fraction of sp³-hybridized carbons (Fsp3) is 0.231. The van der Waals surface area contributed by atoms with Crippen molar-refractivity contribution in [3.05, 3.63) is 90.0 Å². The summed E-state index contributed by atoms with van der Waals surface area (Å²) in [4.78, 5) is 26.6. The summed E-state index contributed by atoms with van der Waals surface area (Å²) in [6.07, 6.45) is 0. The molecular formula is C26H28N2O6S. The summed E-state index contributed by atoms with van der Waals surface area (Å²) in [6, 6.07) is 22.2. The van der Waals surface area contributed by atoms with Crippen molar-refractivity contribution < 1.29 is 27.5 Å². The molecule has 0 radical (unpaired) electrons. The standard InChI is InChI=1S/C26H28N2O6S/c1-4-28(22-13-9-6-10-14-22)25(29)19-34-26(30)21-15-16-23(33-3)24(17-21)35(31,32)27(2)18-20-11-7-5-8-12-20/h5-17H,4,18-19H2,1-3H3. The molecule has 0 fully saturated rings. The second-order valence-corrected chi connectivity index (χ2v) is 9.68. The molecule has 0 saturated heterocycles. The van der Waals surface area contributed by atoms with Gasteiger partial charge in [-0.1, -0.05) is 48.5 Å². The topological polar surface area (TPSA) is 93.2 Å². The fourth-order valence-electron chi connectivity index (χ4n) is 3.50. The number of rotatable bonds is 10. The average Bonchev–Trinajstić information content (AvgIpc) is 2.88. The lowest BCUT2D eigenvalue weighted by molar-refractivity contribution is -0.121. The minimum absolute atomic E-state index is 0.00644. The van der Waals surface area contributed by atoms with Gasteiger partial charge in [0.15, 0.2) is 6.61 Å². The first-order valence-electron chi connectivity index (χ1n) is 11.0. The summed E-state index contributed by atoms with van der Waals surface area (Å²) >= 11 is 0. The van der Waals surface area contributed by atoms with Crippen LogP contribution in [0.4, 0.5) is 5.69 Å². The Labute approximate surface area is 205 Å². The van der Waals surface area contributed by atoms with E-state index < -0.39 is 28.5 Å². The number of nitrogens with zero attached hydrogens (tertiary/aromatic N) is 2. The second-order valence-electron chi connectivity index (χ2n) is 7.66. The molecule has 3 aromatic rings. The van der Waals surface area contributed by atoms with Crippen molar-refractivity contribution in [3.63, 3.8) is 0 Å². The minimum Gasteiger partial charge on any atom is -0.495 e. The number of methoxy groups -OCH3 is 1. The van der Waals surface area contributed by atoms with Gasteiger partial charge >= 0.3 is 5.97 Å². The lowest BCUT2D eigenvalue weighted by atomic mass is 10.2. The molecule has 0 N–H and O–H groups in total. The number of esters is 1. The second kappa shape index (κ2) is 11.6. The van der Waals surface area contributed by atoms with E-state index in [-0.39, 0.29) is 22.8 Å². The number of sulfonamides is 1. The van der Waals surface area contributed by atoms with Crippen molar-refractivity contribution >= 4 is 27.6 Å². The van der Waals surface area contributed by atoms with E-state index in [1.165, 1.54) is 41.6 Å². The van der Waals surface area contributed by atoms with E-state index in [2.05, 4.69) is 0 Å². The molecule has 3 aromatic carbocycles. The first kappa shape index (κ1) is 25.9. The molecular weight excluding hydrogens is 468 g/mol. The Kier molecular flexibility index (Phi) is 8.62. The Morgan fingerprint density at radius 2 is 1.54 bits per heavy atom. The van der Waals surface area contributed by atoms with E-state index in [0.717, 1.165) is 5.56 Å². The molecule has 35 heavy (non-hydrogen) atoms. The molecule has 0 spiro atoms. The molecule has 1 amide bonds. The van der Waals surface area contributed by atoms with Crippen molar-refractivity contribution in [2.45, 2.75) is 18.4 Å². The number of para-hydroxylation sites is 1. The zero-order chi connectivity index (χ0) is 25.4. The number of ether oxygens (including phenoxy) is 2. The maximum atomic E-state index is 13.3. The first-order valence-corrected chi connectivity index (χ1v) is 12.4. The van der Waals surface area contributed by atoms with Gasteiger partial charge in [0.05, 0.1) is 12.7 Å². The zero-order valence-electron chi connectivity index (χ0n) is 19.9. The van der Waals surface area contributed by atoms with E-state index in [1.807, 2.05) is 55.5 Å². The Balaban J connectivity index is 1.77. The number of anilines is 1. The van der Waals surface area contributed by atoms with Crippen LogP contribution < -0.4 is 9.64 Å². The SMILES string of the molecule is CCN(C(=O)COC(=O)c1ccc(OC)c(S(=O)(=O)N(C)Cc2ccccc2)c1)c1ccccc1. The number of carbonyl (C=O) groups excluding carboxylic acids is 2. The summed E-state index contributed by atoms with van der Waals surface area (Å²) in [5.41, 5.74) is 1.49. The number of carbonyl (C=O) groups is 2. The summed E-state index contributed by atoms with van der Waals surface area (Å²) in [7, 11) is -1.19. The third-order valence-electron chi connectivity index (χ3n) is 5.35. The monoisotopic (exact) mass is 496 g/mol. The summed E-state index contributed by atoms with van der Waals surface area (Å²) in [6.45, 7) is 1.88. The predicted molar refractivity (Wildman–Crippen MR) is 133 cm³/mol. The maximum absolute atomic E-state index is 13.3. The molecule has 0 heterocycles. The third-order valence-corrected chi connectivity index (χ3v) is 7.17. The number of amides is 1. The normalized spacial score (nSPS) is 11.2. The van der Waals surface area contributed by atoms with Gasteiger partial charge in [-0.2, -0.15) is 4.31 Å². The third kappa shape index (κ3) is 6.26. The van der Waals surface area contributed by atoms with Crippen molar-refractivity contribution in [1.82, 2.24) is 4.31 Å². The van der Waals surface area contributed by atoms with E-state index in [1.54, 1.807) is 12.1 Å². The highest BCUT2D eigenvalue weighted by atomic mass is 32.2. The van der Waals surface area contributed by atoms with Gasteiger partial charge in [0, 0.05) is 25.8 Å². The summed E-state index contributed by atoms with van der Waals surface area (Å²) in [5, 5.41) is 0. The Bertz CT molecular complexity index is 1260. The van der Waals surface area contributed by atoms with E-state index >= 15 is 0 Å². The maximum Gasteiger partial charge on any atom is 0.338 e. The van der Waals surface area contributed by atoms with Crippen molar-refractivity contribution in [3.8, 4) is 5.75 Å². The molecule has 0 aliphatic carbocycles. The van der Waals surface area contributed by atoms with Crippen molar-refractivity contribution in [2.24, 2.45) is 0 Å².